The van der Waals surface area contributed by atoms with Crippen molar-refractivity contribution in [3.05, 3.63) is 18.2 Å². The van der Waals surface area contributed by atoms with Gasteiger partial charge in [-0.3, -0.25) is 0 Å². The van der Waals surface area contributed by atoms with Gasteiger partial charge >= 0.3 is 0 Å². The highest BCUT2D eigenvalue weighted by Crippen LogP contribution is 2.14. The van der Waals surface area contributed by atoms with Gasteiger partial charge in [0.2, 0.25) is 5.95 Å². The van der Waals surface area contributed by atoms with E-state index in [4.69, 9.17) is 4.74 Å². The Kier molecular flexibility index (Phi) is 4.43. The molecule has 0 aliphatic carbocycles. The van der Waals surface area contributed by atoms with Crippen LogP contribution in [0.15, 0.2) is 12.4 Å². The fraction of sp³-hybridized carbons (Fsp3) is 0.667. The van der Waals surface area contributed by atoms with Gasteiger partial charge in [-0.05, 0) is 0 Å². The maximum Gasteiger partial charge on any atom is 0.225 e. The lowest BCUT2D eigenvalue weighted by atomic mass is 10.2. The Bertz CT molecular complexity index is 371. The summed E-state index contributed by atoms with van der Waals surface area (Å²) in [7, 11) is 0. The summed E-state index contributed by atoms with van der Waals surface area (Å²) in [6.45, 7) is 7.03. The van der Waals surface area contributed by atoms with Crippen molar-refractivity contribution in [3.63, 3.8) is 0 Å². The SMILES string of the molecule is CC(C)NCC1COCCN1c1ncc(F)cn1. The second kappa shape index (κ2) is 6.06. The molecule has 0 radical (unpaired) electrons. The Balaban J connectivity index is 2.05. The van der Waals surface area contributed by atoms with Crippen LogP contribution in [-0.2, 0) is 4.74 Å². The number of halogens is 1. The molecule has 5 nitrogen and oxygen atoms in total. The zero-order valence-corrected chi connectivity index (χ0v) is 10.8. The predicted molar refractivity (Wildman–Crippen MR) is 67.1 cm³/mol. The minimum atomic E-state index is -0.413. The zero-order chi connectivity index (χ0) is 13.0. The van der Waals surface area contributed by atoms with E-state index in [-0.39, 0.29) is 6.04 Å². The van der Waals surface area contributed by atoms with Gasteiger partial charge in [0.05, 0.1) is 31.6 Å². The number of aromatic nitrogens is 2. The predicted octanol–water partition coefficient (Wildman–Crippen LogP) is 0.819. The number of ether oxygens (including phenoxy) is 1. The smallest absolute Gasteiger partial charge is 0.225 e. The van der Waals surface area contributed by atoms with Gasteiger partial charge in [-0.1, -0.05) is 13.8 Å². The second-order valence-corrected chi connectivity index (χ2v) is 4.69. The molecule has 1 saturated heterocycles. The minimum Gasteiger partial charge on any atom is -0.377 e. The zero-order valence-electron chi connectivity index (χ0n) is 10.8. The van der Waals surface area contributed by atoms with Gasteiger partial charge in [-0.25, -0.2) is 14.4 Å². The van der Waals surface area contributed by atoms with Gasteiger partial charge in [0.1, 0.15) is 0 Å². The Morgan fingerprint density at radius 2 is 2.22 bits per heavy atom. The van der Waals surface area contributed by atoms with E-state index in [0.717, 1.165) is 13.1 Å². The molecule has 0 amide bonds. The average Bonchev–Trinajstić information content (AvgIpc) is 2.38. The maximum atomic E-state index is 12.8. The number of rotatable bonds is 4. The number of hydrogen-bond acceptors (Lipinski definition) is 5. The maximum absolute atomic E-state index is 12.8. The van der Waals surface area contributed by atoms with E-state index in [2.05, 4.69) is 34.0 Å². The highest BCUT2D eigenvalue weighted by Gasteiger charge is 2.25. The van der Waals surface area contributed by atoms with Crippen molar-refractivity contribution in [1.29, 1.82) is 0 Å². The molecule has 1 unspecified atom stereocenters. The van der Waals surface area contributed by atoms with E-state index >= 15 is 0 Å². The van der Waals surface area contributed by atoms with Crippen LogP contribution >= 0.6 is 0 Å². The standard InChI is InChI=1S/C12H19FN4O/c1-9(2)14-7-11-8-18-4-3-17(11)12-15-5-10(13)6-16-12/h5-6,9,11,14H,3-4,7-8H2,1-2H3. The van der Waals surface area contributed by atoms with Crippen molar-refractivity contribution in [1.82, 2.24) is 15.3 Å². The number of nitrogens with one attached hydrogen (secondary N) is 1. The Morgan fingerprint density at radius 1 is 1.50 bits per heavy atom. The van der Waals surface area contributed by atoms with Crippen LogP contribution in [0.25, 0.3) is 0 Å². The molecule has 0 spiro atoms. The largest absolute Gasteiger partial charge is 0.377 e. The number of hydrogen-bond donors (Lipinski definition) is 1. The molecule has 2 rings (SSSR count). The summed E-state index contributed by atoms with van der Waals surface area (Å²) in [6.07, 6.45) is 2.40. The molecule has 1 aliphatic rings. The van der Waals surface area contributed by atoms with Crippen molar-refractivity contribution >= 4 is 5.95 Å². The molecule has 1 N–H and O–H groups in total. The normalized spacial score (nSPS) is 20.4. The Labute approximate surface area is 106 Å². The topological polar surface area (TPSA) is 50.3 Å². The Morgan fingerprint density at radius 3 is 2.89 bits per heavy atom. The van der Waals surface area contributed by atoms with E-state index in [1.807, 2.05) is 0 Å². The van der Waals surface area contributed by atoms with Crippen LogP contribution in [0.5, 0.6) is 0 Å². The first-order valence-corrected chi connectivity index (χ1v) is 6.22. The molecule has 18 heavy (non-hydrogen) atoms. The van der Waals surface area contributed by atoms with E-state index < -0.39 is 5.82 Å². The highest BCUT2D eigenvalue weighted by molar-refractivity contribution is 5.31. The van der Waals surface area contributed by atoms with Crippen LogP contribution in [0, 0.1) is 5.82 Å². The summed E-state index contributed by atoms with van der Waals surface area (Å²) in [5.74, 6) is 0.152. The molecule has 1 aromatic rings. The van der Waals surface area contributed by atoms with E-state index in [0.29, 0.717) is 25.2 Å². The van der Waals surface area contributed by atoms with E-state index in [1.54, 1.807) is 0 Å². The van der Waals surface area contributed by atoms with Crippen LogP contribution < -0.4 is 10.2 Å². The number of morpholine rings is 1. The van der Waals surface area contributed by atoms with E-state index in [1.165, 1.54) is 12.4 Å². The lowest BCUT2D eigenvalue weighted by molar-refractivity contribution is 0.0923. The van der Waals surface area contributed by atoms with Crippen LogP contribution in [0.4, 0.5) is 10.3 Å². The highest BCUT2D eigenvalue weighted by atomic mass is 19.1. The van der Waals surface area contributed by atoms with Gasteiger partial charge in [0.15, 0.2) is 5.82 Å². The van der Waals surface area contributed by atoms with Crippen LogP contribution in [0.1, 0.15) is 13.8 Å². The third-order valence-electron chi connectivity index (χ3n) is 2.85. The van der Waals surface area contributed by atoms with Crippen molar-refractivity contribution in [2.45, 2.75) is 25.9 Å². The average molecular weight is 254 g/mol. The lowest BCUT2D eigenvalue weighted by Gasteiger charge is -2.36. The van der Waals surface area contributed by atoms with Gasteiger partial charge in [0, 0.05) is 19.1 Å². The lowest BCUT2D eigenvalue weighted by Crippen LogP contribution is -2.52. The van der Waals surface area contributed by atoms with Gasteiger partial charge in [-0.15, -0.1) is 0 Å². The van der Waals surface area contributed by atoms with Gasteiger partial charge in [-0.2, -0.15) is 0 Å². The first kappa shape index (κ1) is 13.2. The van der Waals surface area contributed by atoms with Crippen molar-refractivity contribution in [2.24, 2.45) is 0 Å². The molecule has 1 aliphatic heterocycles. The quantitative estimate of drug-likeness (QED) is 0.862. The minimum absolute atomic E-state index is 0.187. The molecule has 0 saturated carbocycles. The fourth-order valence-electron chi connectivity index (χ4n) is 1.91. The molecule has 2 heterocycles. The summed E-state index contributed by atoms with van der Waals surface area (Å²) in [6, 6.07) is 0.606. The summed E-state index contributed by atoms with van der Waals surface area (Å²) >= 11 is 0. The van der Waals surface area contributed by atoms with E-state index in [9.17, 15) is 4.39 Å². The summed E-state index contributed by atoms with van der Waals surface area (Å²) in [4.78, 5) is 10.1. The van der Waals surface area contributed by atoms with Gasteiger partial charge in [0.25, 0.3) is 0 Å². The summed E-state index contributed by atoms with van der Waals surface area (Å²) in [5.41, 5.74) is 0. The monoisotopic (exact) mass is 254 g/mol. The molecule has 0 aromatic carbocycles. The van der Waals surface area contributed by atoms with Crippen molar-refractivity contribution in [3.8, 4) is 0 Å². The van der Waals surface area contributed by atoms with Crippen LogP contribution in [-0.4, -0.2) is 48.4 Å². The van der Waals surface area contributed by atoms with Crippen LogP contribution in [0.2, 0.25) is 0 Å². The fourth-order valence-corrected chi connectivity index (χ4v) is 1.91. The summed E-state index contributed by atoms with van der Waals surface area (Å²) < 4.78 is 18.3. The van der Waals surface area contributed by atoms with Crippen LogP contribution in [0.3, 0.4) is 0 Å². The first-order valence-electron chi connectivity index (χ1n) is 6.22. The third kappa shape index (κ3) is 3.36. The first-order chi connectivity index (χ1) is 8.66. The molecule has 1 atom stereocenters. The van der Waals surface area contributed by atoms with Crippen molar-refractivity contribution in [2.75, 3.05) is 31.2 Å². The van der Waals surface area contributed by atoms with Crippen molar-refractivity contribution < 1.29 is 9.13 Å². The Hall–Kier alpha value is -1.27. The third-order valence-corrected chi connectivity index (χ3v) is 2.85. The number of anilines is 1. The molecule has 100 valence electrons. The second-order valence-electron chi connectivity index (χ2n) is 4.69. The molecule has 1 aromatic heterocycles. The molecule has 0 bridgehead atoms. The molecular formula is C12H19FN4O. The number of nitrogens with zero attached hydrogens (tertiary/aromatic N) is 3. The molecule has 6 heteroatoms. The van der Waals surface area contributed by atoms with Gasteiger partial charge < -0.3 is 15.0 Å². The molecule has 1 fully saturated rings. The summed E-state index contributed by atoms with van der Waals surface area (Å²) in [5, 5.41) is 3.38. The molecular weight excluding hydrogens is 235 g/mol.